The number of rotatable bonds is 5. The molecule has 0 unspecified atom stereocenters. The lowest BCUT2D eigenvalue weighted by Crippen LogP contribution is -2.23. The van der Waals surface area contributed by atoms with E-state index in [1.54, 1.807) is 24.3 Å². The van der Waals surface area contributed by atoms with Crippen LogP contribution in [0.4, 0.5) is 13.2 Å². The molecule has 0 aliphatic rings. The second-order valence-corrected chi connectivity index (χ2v) is 4.33. The summed E-state index contributed by atoms with van der Waals surface area (Å²) in [5.41, 5.74) is 1.13. The molecule has 4 nitrogen and oxygen atoms in total. The van der Waals surface area contributed by atoms with Crippen molar-refractivity contribution in [1.82, 2.24) is 15.1 Å². The number of benzene rings is 1. The third kappa shape index (κ3) is 3.99. The van der Waals surface area contributed by atoms with Gasteiger partial charge in [0.05, 0.1) is 5.69 Å². The highest BCUT2D eigenvalue weighted by molar-refractivity contribution is 5.31. The van der Waals surface area contributed by atoms with Gasteiger partial charge in [0.1, 0.15) is 12.3 Å². The summed E-state index contributed by atoms with van der Waals surface area (Å²) in [5, 5.41) is 16.2. The molecular weight excluding hydrogens is 271 g/mol. The minimum absolute atomic E-state index is 0.156. The van der Waals surface area contributed by atoms with Crippen molar-refractivity contribution in [1.29, 1.82) is 0 Å². The Morgan fingerprint density at radius 3 is 2.60 bits per heavy atom. The fourth-order valence-corrected chi connectivity index (χ4v) is 1.81. The molecule has 0 atom stereocenters. The largest absolute Gasteiger partial charge is 0.508 e. The summed E-state index contributed by atoms with van der Waals surface area (Å²) in [5.74, 6) is 0.156. The molecule has 1 aromatic carbocycles. The molecule has 2 N–H and O–H groups in total. The predicted molar refractivity (Wildman–Crippen MR) is 66.9 cm³/mol. The van der Waals surface area contributed by atoms with Gasteiger partial charge < -0.3 is 10.4 Å². The van der Waals surface area contributed by atoms with Gasteiger partial charge in [-0.05, 0) is 12.1 Å². The smallest absolute Gasteiger partial charge is 0.408 e. The molecule has 0 spiro atoms. The first-order valence-corrected chi connectivity index (χ1v) is 6.01. The SMILES string of the molecule is Oc1ccccc1CNCc1ccnn1CC(F)(F)F. The van der Waals surface area contributed by atoms with Gasteiger partial charge in [0.2, 0.25) is 0 Å². The van der Waals surface area contributed by atoms with E-state index in [4.69, 9.17) is 0 Å². The number of alkyl halides is 3. The molecule has 1 aromatic heterocycles. The van der Waals surface area contributed by atoms with Gasteiger partial charge in [0.15, 0.2) is 0 Å². The van der Waals surface area contributed by atoms with Crippen LogP contribution in [0.15, 0.2) is 36.5 Å². The molecule has 2 rings (SSSR count). The number of para-hydroxylation sites is 1. The number of phenolic OH excluding ortho intramolecular Hbond substituents is 1. The maximum absolute atomic E-state index is 12.3. The van der Waals surface area contributed by atoms with Crippen LogP contribution in [0.5, 0.6) is 5.75 Å². The molecule has 2 aromatic rings. The maximum atomic E-state index is 12.3. The van der Waals surface area contributed by atoms with Crippen molar-refractivity contribution < 1.29 is 18.3 Å². The molecule has 0 aliphatic carbocycles. The lowest BCUT2D eigenvalue weighted by atomic mass is 10.2. The highest BCUT2D eigenvalue weighted by atomic mass is 19.4. The molecule has 0 radical (unpaired) electrons. The van der Waals surface area contributed by atoms with E-state index in [-0.39, 0.29) is 12.3 Å². The Hall–Kier alpha value is -2.02. The van der Waals surface area contributed by atoms with Gasteiger partial charge in [0.25, 0.3) is 0 Å². The van der Waals surface area contributed by atoms with Crippen LogP contribution in [0.25, 0.3) is 0 Å². The Bertz CT molecular complexity index is 566. The summed E-state index contributed by atoms with van der Waals surface area (Å²) in [6, 6.07) is 8.33. The van der Waals surface area contributed by atoms with Crippen molar-refractivity contribution in [2.24, 2.45) is 0 Å². The van der Waals surface area contributed by atoms with Gasteiger partial charge in [-0.25, -0.2) is 0 Å². The standard InChI is InChI=1S/C13H14F3N3O/c14-13(15,16)9-19-11(5-6-18-19)8-17-7-10-3-1-2-4-12(10)20/h1-6,17,20H,7-9H2. The molecule has 0 amide bonds. The zero-order chi connectivity index (χ0) is 14.6. The van der Waals surface area contributed by atoms with Gasteiger partial charge in [-0.3, -0.25) is 4.68 Å². The summed E-state index contributed by atoms with van der Waals surface area (Å²) < 4.78 is 37.9. The van der Waals surface area contributed by atoms with Crippen molar-refractivity contribution in [3.63, 3.8) is 0 Å². The van der Waals surface area contributed by atoms with Crippen LogP contribution < -0.4 is 5.32 Å². The van der Waals surface area contributed by atoms with Crippen LogP contribution in [0, 0.1) is 0 Å². The van der Waals surface area contributed by atoms with Gasteiger partial charge in [-0.1, -0.05) is 18.2 Å². The van der Waals surface area contributed by atoms with E-state index >= 15 is 0 Å². The minimum atomic E-state index is -4.29. The normalized spacial score (nSPS) is 11.8. The van der Waals surface area contributed by atoms with Gasteiger partial charge in [-0.15, -0.1) is 0 Å². The van der Waals surface area contributed by atoms with Crippen LogP contribution in [0.3, 0.4) is 0 Å². The lowest BCUT2D eigenvalue weighted by molar-refractivity contribution is -0.143. The van der Waals surface area contributed by atoms with E-state index in [0.29, 0.717) is 17.8 Å². The predicted octanol–water partition coefficient (Wildman–Crippen LogP) is 2.44. The zero-order valence-electron chi connectivity index (χ0n) is 10.6. The van der Waals surface area contributed by atoms with Gasteiger partial charge >= 0.3 is 6.18 Å². The van der Waals surface area contributed by atoms with E-state index in [9.17, 15) is 18.3 Å². The fourth-order valence-electron chi connectivity index (χ4n) is 1.81. The Kier molecular flexibility index (Phi) is 4.29. The first-order chi connectivity index (χ1) is 9.46. The van der Waals surface area contributed by atoms with Gasteiger partial charge in [0, 0.05) is 24.8 Å². The Balaban J connectivity index is 1.92. The first kappa shape index (κ1) is 14.4. The number of nitrogens with zero attached hydrogens (tertiary/aromatic N) is 2. The van der Waals surface area contributed by atoms with E-state index in [1.807, 2.05) is 0 Å². The monoisotopic (exact) mass is 285 g/mol. The van der Waals surface area contributed by atoms with E-state index in [1.165, 1.54) is 12.3 Å². The number of nitrogens with one attached hydrogen (secondary N) is 1. The molecule has 0 saturated carbocycles. The molecule has 0 aliphatic heterocycles. The van der Waals surface area contributed by atoms with E-state index in [0.717, 1.165) is 4.68 Å². The number of hydrogen-bond acceptors (Lipinski definition) is 3. The quantitative estimate of drug-likeness (QED) is 0.887. The summed E-state index contributed by atoms with van der Waals surface area (Å²) in [6.45, 7) is -0.498. The average Bonchev–Trinajstić information content (AvgIpc) is 2.77. The van der Waals surface area contributed by atoms with Crippen LogP contribution in [0.2, 0.25) is 0 Å². The number of phenols is 1. The third-order valence-corrected chi connectivity index (χ3v) is 2.75. The fraction of sp³-hybridized carbons (Fsp3) is 0.308. The van der Waals surface area contributed by atoms with Crippen molar-refractivity contribution in [2.45, 2.75) is 25.8 Å². The second kappa shape index (κ2) is 5.96. The highest BCUT2D eigenvalue weighted by Gasteiger charge is 2.29. The van der Waals surface area contributed by atoms with Crippen molar-refractivity contribution >= 4 is 0 Å². The number of aromatic hydroxyl groups is 1. The molecule has 0 bridgehead atoms. The van der Waals surface area contributed by atoms with E-state index < -0.39 is 12.7 Å². The molecule has 1 heterocycles. The summed E-state index contributed by atoms with van der Waals surface area (Å²) in [7, 11) is 0. The number of halogens is 3. The maximum Gasteiger partial charge on any atom is 0.408 e. The van der Waals surface area contributed by atoms with Crippen molar-refractivity contribution in [3.05, 3.63) is 47.8 Å². The molecule has 20 heavy (non-hydrogen) atoms. The van der Waals surface area contributed by atoms with Crippen molar-refractivity contribution in [2.75, 3.05) is 0 Å². The van der Waals surface area contributed by atoms with Gasteiger partial charge in [-0.2, -0.15) is 18.3 Å². The van der Waals surface area contributed by atoms with Crippen LogP contribution in [0.1, 0.15) is 11.3 Å². The molecule has 0 fully saturated rings. The number of hydrogen-bond donors (Lipinski definition) is 2. The molecular formula is C13H14F3N3O. The first-order valence-electron chi connectivity index (χ1n) is 6.01. The highest BCUT2D eigenvalue weighted by Crippen LogP contribution is 2.18. The summed E-state index contributed by atoms with van der Waals surface area (Å²) in [4.78, 5) is 0. The summed E-state index contributed by atoms with van der Waals surface area (Å²) >= 11 is 0. The zero-order valence-corrected chi connectivity index (χ0v) is 10.6. The van der Waals surface area contributed by atoms with Crippen molar-refractivity contribution in [3.8, 4) is 5.75 Å². The third-order valence-electron chi connectivity index (χ3n) is 2.75. The molecule has 7 heteroatoms. The molecule has 108 valence electrons. The molecule has 0 saturated heterocycles. The lowest BCUT2D eigenvalue weighted by Gasteiger charge is -2.11. The minimum Gasteiger partial charge on any atom is -0.508 e. The van der Waals surface area contributed by atoms with Crippen LogP contribution in [-0.4, -0.2) is 21.1 Å². The van der Waals surface area contributed by atoms with Crippen LogP contribution in [-0.2, 0) is 19.6 Å². The second-order valence-electron chi connectivity index (χ2n) is 4.33. The Morgan fingerprint density at radius 2 is 1.90 bits per heavy atom. The van der Waals surface area contributed by atoms with E-state index in [2.05, 4.69) is 10.4 Å². The topological polar surface area (TPSA) is 50.1 Å². The van der Waals surface area contributed by atoms with Crippen LogP contribution >= 0.6 is 0 Å². The average molecular weight is 285 g/mol. The number of aromatic nitrogens is 2. The Morgan fingerprint density at radius 1 is 1.15 bits per heavy atom. The summed E-state index contributed by atoms with van der Waals surface area (Å²) in [6.07, 6.45) is -2.96. The Labute approximate surface area is 113 Å².